The Kier molecular flexibility index (Phi) is 5.01. The molecule has 0 radical (unpaired) electrons. The second-order valence-electron chi connectivity index (χ2n) is 5.52. The third kappa shape index (κ3) is 3.73. The summed E-state index contributed by atoms with van der Waals surface area (Å²) in [7, 11) is 1.58. The number of benzene rings is 1. The number of carbonyl (C=O) groups is 1. The predicted molar refractivity (Wildman–Crippen MR) is 76.2 cm³/mol. The number of carboxylic acid groups (broad SMARTS) is 1. The molecule has 0 heterocycles. The van der Waals surface area contributed by atoms with Gasteiger partial charge in [-0.1, -0.05) is 6.92 Å². The van der Waals surface area contributed by atoms with Gasteiger partial charge in [0.1, 0.15) is 5.75 Å². The van der Waals surface area contributed by atoms with Crippen LogP contribution in [-0.4, -0.2) is 24.3 Å². The highest BCUT2D eigenvalue weighted by Crippen LogP contribution is 2.28. The first-order valence-corrected chi connectivity index (χ1v) is 7.12. The molecule has 0 unspecified atom stereocenters. The van der Waals surface area contributed by atoms with Crippen molar-refractivity contribution in [3.05, 3.63) is 29.3 Å². The maximum absolute atomic E-state index is 11.0. The van der Waals surface area contributed by atoms with Gasteiger partial charge in [-0.25, -0.2) is 4.79 Å². The van der Waals surface area contributed by atoms with Crippen LogP contribution in [0.4, 0.5) is 0 Å². The number of aromatic carboxylic acids is 1. The number of hydrogen-bond donors (Lipinski definition) is 1. The summed E-state index contributed by atoms with van der Waals surface area (Å²) in [6.07, 6.45) is 4.86. The fourth-order valence-corrected chi connectivity index (χ4v) is 2.63. The average Bonchev–Trinajstić information content (AvgIpc) is 2.46. The molecule has 0 aromatic heterocycles. The summed E-state index contributed by atoms with van der Waals surface area (Å²) >= 11 is 0. The molecule has 1 fully saturated rings. The number of ether oxygens (including phenoxy) is 2. The van der Waals surface area contributed by atoms with Gasteiger partial charge in [0.2, 0.25) is 0 Å². The Labute approximate surface area is 119 Å². The highest BCUT2D eigenvalue weighted by molar-refractivity contribution is 5.88. The second-order valence-corrected chi connectivity index (χ2v) is 5.52. The van der Waals surface area contributed by atoms with Crippen molar-refractivity contribution in [3.8, 4) is 5.75 Å². The SMILES string of the molecule is COc1ccc(C(=O)O)cc1COC1CCC(C)CC1. The van der Waals surface area contributed by atoms with Gasteiger partial charge in [-0.2, -0.15) is 0 Å². The smallest absolute Gasteiger partial charge is 0.335 e. The molecule has 1 aromatic carbocycles. The van der Waals surface area contributed by atoms with E-state index in [-0.39, 0.29) is 11.7 Å². The largest absolute Gasteiger partial charge is 0.496 e. The molecule has 4 nitrogen and oxygen atoms in total. The van der Waals surface area contributed by atoms with Crippen molar-refractivity contribution in [2.45, 2.75) is 45.3 Å². The number of rotatable bonds is 5. The van der Waals surface area contributed by atoms with Crippen molar-refractivity contribution >= 4 is 5.97 Å². The van der Waals surface area contributed by atoms with E-state index in [1.807, 2.05) is 0 Å². The maximum Gasteiger partial charge on any atom is 0.335 e. The van der Waals surface area contributed by atoms with Crippen molar-refractivity contribution in [2.75, 3.05) is 7.11 Å². The third-order valence-corrected chi connectivity index (χ3v) is 3.96. The summed E-state index contributed by atoms with van der Waals surface area (Å²) in [6.45, 7) is 2.68. The van der Waals surface area contributed by atoms with E-state index in [1.54, 1.807) is 25.3 Å². The molecule has 4 heteroatoms. The predicted octanol–water partition coefficient (Wildman–Crippen LogP) is 3.49. The van der Waals surface area contributed by atoms with Crippen molar-refractivity contribution in [3.63, 3.8) is 0 Å². The first-order chi connectivity index (χ1) is 9.60. The molecule has 0 bridgehead atoms. The fraction of sp³-hybridized carbons (Fsp3) is 0.562. The van der Waals surface area contributed by atoms with Gasteiger partial charge in [0.15, 0.2) is 0 Å². The van der Waals surface area contributed by atoms with Crippen molar-refractivity contribution in [2.24, 2.45) is 5.92 Å². The van der Waals surface area contributed by atoms with Crippen LogP contribution in [0.5, 0.6) is 5.75 Å². The van der Waals surface area contributed by atoms with E-state index >= 15 is 0 Å². The summed E-state index contributed by atoms with van der Waals surface area (Å²) in [4.78, 5) is 11.0. The summed E-state index contributed by atoms with van der Waals surface area (Å²) in [5, 5.41) is 9.04. The summed E-state index contributed by atoms with van der Waals surface area (Å²) in [5.41, 5.74) is 1.06. The molecule has 0 amide bonds. The Balaban J connectivity index is 2.00. The quantitative estimate of drug-likeness (QED) is 0.895. The van der Waals surface area contributed by atoms with Gasteiger partial charge in [-0.3, -0.25) is 0 Å². The Hall–Kier alpha value is -1.55. The zero-order valence-electron chi connectivity index (χ0n) is 12.1. The van der Waals surface area contributed by atoms with Gasteiger partial charge in [0.05, 0.1) is 25.4 Å². The van der Waals surface area contributed by atoms with Gasteiger partial charge < -0.3 is 14.6 Å². The average molecular weight is 278 g/mol. The first kappa shape index (κ1) is 14.9. The van der Waals surface area contributed by atoms with Gasteiger partial charge in [-0.15, -0.1) is 0 Å². The standard InChI is InChI=1S/C16H22O4/c1-11-3-6-14(7-4-11)20-10-13-9-12(16(17)18)5-8-15(13)19-2/h5,8-9,11,14H,3-4,6-7,10H2,1-2H3,(H,17,18). The third-order valence-electron chi connectivity index (χ3n) is 3.96. The van der Waals surface area contributed by atoms with E-state index in [0.29, 0.717) is 12.4 Å². The molecule has 1 aliphatic carbocycles. The monoisotopic (exact) mass is 278 g/mol. The van der Waals surface area contributed by atoms with Gasteiger partial charge in [-0.05, 0) is 49.8 Å². The summed E-state index contributed by atoms with van der Waals surface area (Å²) in [6, 6.07) is 4.87. The Bertz CT molecular complexity index is 462. The number of methoxy groups -OCH3 is 1. The molecule has 1 aromatic rings. The summed E-state index contributed by atoms with van der Waals surface area (Å²) < 4.78 is 11.2. The minimum atomic E-state index is -0.930. The lowest BCUT2D eigenvalue weighted by Gasteiger charge is -2.26. The minimum absolute atomic E-state index is 0.265. The highest BCUT2D eigenvalue weighted by Gasteiger charge is 2.19. The normalized spacial score (nSPS) is 22.5. The first-order valence-electron chi connectivity index (χ1n) is 7.12. The number of hydrogen-bond acceptors (Lipinski definition) is 3. The molecule has 0 atom stereocenters. The lowest BCUT2D eigenvalue weighted by molar-refractivity contribution is 0.00799. The minimum Gasteiger partial charge on any atom is -0.496 e. The van der Waals surface area contributed by atoms with E-state index < -0.39 is 5.97 Å². The topological polar surface area (TPSA) is 55.8 Å². The molecule has 20 heavy (non-hydrogen) atoms. The highest BCUT2D eigenvalue weighted by atomic mass is 16.5. The van der Waals surface area contributed by atoms with Crippen LogP contribution in [-0.2, 0) is 11.3 Å². The summed E-state index contributed by atoms with van der Waals surface area (Å²) in [5.74, 6) is 0.541. The van der Waals surface area contributed by atoms with Crippen LogP contribution in [0.2, 0.25) is 0 Å². The molecular weight excluding hydrogens is 256 g/mol. The molecule has 0 spiro atoms. The van der Waals surface area contributed by atoms with Crippen molar-refractivity contribution < 1.29 is 19.4 Å². The molecule has 1 saturated carbocycles. The zero-order valence-corrected chi connectivity index (χ0v) is 12.1. The fourth-order valence-electron chi connectivity index (χ4n) is 2.63. The van der Waals surface area contributed by atoms with Crippen LogP contribution < -0.4 is 4.74 Å². The van der Waals surface area contributed by atoms with E-state index in [9.17, 15) is 4.79 Å². The number of carboxylic acids is 1. The lowest BCUT2D eigenvalue weighted by Crippen LogP contribution is -2.20. The van der Waals surface area contributed by atoms with E-state index in [1.165, 1.54) is 12.8 Å². The van der Waals surface area contributed by atoms with E-state index in [4.69, 9.17) is 14.6 Å². The molecule has 1 aliphatic rings. The van der Waals surface area contributed by atoms with Gasteiger partial charge >= 0.3 is 5.97 Å². The van der Waals surface area contributed by atoms with Gasteiger partial charge in [0, 0.05) is 5.56 Å². The van der Waals surface area contributed by atoms with Crippen molar-refractivity contribution in [1.82, 2.24) is 0 Å². The van der Waals surface area contributed by atoms with Crippen LogP contribution in [0.15, 0.2) is 18.2 Å². The van der Waals surface area contributed by atoms with Gasteiger partial charge in [0.25, 0.3) is 0 Å². The molecule has 0 saturated heterocycles. The molecular formula is C16H22O4. The van der Waals surface area contributed by atoms with Crippen LogP contribution in [0, 0.1) is 5.92 Å². The Morgan fingerprint density at radius 2 is 2.00 bits per heavy atom. The molecule has 0 aliphatic heterocycles. The van der Waals surface area contributed by atoms with E-state index in [0.717, 1.165) is 24.3 Å². The van der Waals surface area contributed by atoms with Crippen LogP contribution in [0.25, 0.3) is 0 Å². The lowest BCUT2D eigenvalue weighted by atomic mass is 9.89. The zero-order chi connectivity index (χ0) is 14.5. The molecule has 1 N–H and O–H groups in total. The molecule has 2 rings (SSSR count). The van der Waals surface area contributed by atoms with Crippen LogP contribution in [0.3, 0.4) is 0 Å². The maximum atomic E-state index is 11.0. The molecule has 110 valence electrons. The van der Waals surface area contributed by atoms with Crippen molar-refractivity contribution in [1.29, 1.82) is 0 Å². The van der Waals surface area contributed by atoms with Crippen LogP contribution >= 0.6 is 0 Å². The Morgan fingerprint density at radius 1 is 1.30 bits per heavy atom. The van der Waals surface area contributed by atoms with E-state index in [2.05, 4.69) is 6.92 Å². The van der Waals surface area contributed by atoms with Crippen LogP contribution in [0.1, 0.15) is 48.5 Å². The Morgan fingerprint density at radius 3 is 2.60 bits per heavy atom. The second kappa shape index (κ2) is 6.75.